The maximum Gasteiger partial charge on any atom is 0.338 e. The zero-order valence-corrected chi connectivity index (χ0v) is 19.7. The smallest absolute Gasteiger partial charge is 0.338 e. The van der Waals surface area contributed by atoms with Gasteiger partial charge in [-0.05, 0) is 55.5 Å². The summed E-state index contributed by atoms with van der Waals surface area (Å²) >= 11 is 5.94. The number of anilines is 1. The fourth-order valence-electron chi connectivity index (χ4n) is 4.51. The Morgan fingerprint density at radius 1 is 1.00 bits per heavy atom. The van der Waals surface area contributed by atoms with Crippen LogP contribution >= 0.6 is 11.6 Å². The minimum atomic E-state index is -0.815. The van der Waals surface area contributed by atoms with Gasteiger partial charge < -0.3 is 4.74 Å². The van der Waals surface area contributed by atoms with Crippen LogP contribution in [0.4, 0.5) is 5.69 Å². The van der Waals surface area contributed by atoms with Crippen LogP contribution in [0.15, 0.2) is 48.5 Å². The lowest BCUT2D eigenvalue weighted by Gasteiger charge is -2.25. The first kappa shape index (κ1) is 24.4. The summed E-state index contributed by atoms with van der Waals surface area (Å²) < 4.78 is 5.01. The van der Waals surface area contributed by atoms with Crippen molar-refractivity contribution in [3.8, 4) is 0 Å². The highest BCUT2D eigenvalue weighted by molar-refractivity contribution is 6.33. The largest absolute Gasteiger partial charge is 0.452 e. The van der Waals surface area contributed by atoms with Gasteiger partial charge in [0.25, 0.3) is 11.8 Å². The van der Waals surface area contributed by atoms with Crippen LogP contribution in [0.5, 0.6) is 0 Å². The molecule has 0 unspecified atom stereocenters. The highest BCUT2D eigenvalue weighted by Gasteiger charge is 2.50. The van der Waals surface area contributed by atoms with E-state index in [-0.39, 0.29) is 39.8 Å². The fraction of sp³-hybridized carbons (Fsp3) is 0.320. The molecule has 1 saturated heterocycles. The molecule has 10 heteroatoms. The number of halogens is 1. The maximum atomic E-state index is 12.9. The van der Waals surface area contributed by atoms with Gasteiger partial charge in [-0.1, -0.05) is 36.7 Å². The lowest BCUT2D eigenvalue weighted by molar-refractivity contribution is -0.125. The van der Waals surface area contributed by atoms with Gasteiger partial charge in [-0.2, -0.15) is 0 Å². The maximum absolute atomic E-state index is 12.9. The van der Waals surface area contributed by atoms with Crippen molar-refractivity contribution < 1.29 is 28.7 Å². The van der Waals surface area contributed by atoms with Crippen molar-refractivity contribution >= 4 is 46.9 Å². The predicted octanol–water partition coefficient (Wildman–Crippen LogP) is 2.88. The molecule has 3 atom stereocenters. The number of fused-ring (bicyclic) bond motifs is 1. The summed E-state index contributed by atoms with van der Waals surface area (Å²) in [6, 6.07) is 12.3. The summed E-state index contributed by atoms with van der Waals surface area (Å²) in [5.41, 5.74) is 4.89. The molecule has 2 aliphatic rings. The minimum Gasteiger partial charge on any atom is -0.452 e. The summed E-state index contributed by atoms with van der Waals surface area (Å²) in [7, 11) is 0. The molecule has 0 spiro atoms. The monoisotopic (exact) mass is 497 g/mol. The van der Waals surface area contributed by atoms with Crippen LogP contribution in [0.2, 0.25) is 5.02 Å². The van der Waals surface area contributed by atoms with Gasteiger partial charge in [-0.3, -0.25) is 34.9 Å². The summed E-state index contributed by atoms with van der Waals surface area (Å²) in [5.74, 6) is -2.96. The van der Waals surface area contributed by atoms with Crippen LogP contribution in [0.3, 0.4) is 0 Å². The molecule has 182 valence electrons. The van der Waals surface area contributed by atoms with Crippen LogP contribution < -0.4 is 15.8 Å². The number of hydrazine groups is 1. The van der Waals surface area contributed by atoms with E-state index in [2.05, 4.69) is 17.8 Å². The molecule has 2 N–H and O–H groups in total. The normalized spacial score (nSPS) is 21.3. The Hall–Kier alpha value is -3.72. The minimum absolute atomic E-state index is 0.0826. The fourth-order valence-corrected chi connectivity index (χ4v) is 4.73. The second kappa shape index (κ2) is 10.3. The Kier molecular flexibility index (Phi) is 7.16. The molecule has 9 nitrogen and oxygen atoms in total. The van der Waals surface area contributed by atoms with Gasteiger partial charge in [-0.25, -0.2) is 4.79 Å². The van der Waals surface area contributed by atoms with Crippen LogP contribution in [-0.2, 0) is 19.1 Å². The number of hydrogen-bond acceptors (Lipinski definition) is 6. The van der Waals surface area contributed by atoms with Gasteiger partial charge >= 0.3 is 5.97 Å². The number of carbonyl (C=O) groups excluding carboxylic acids is 5. The van der Waals surface area contributed by atoms with E-state index in [0.29, 0.717) is 24.4 Å². The van der Waals surface area contributed by atoms with Gasteiger partial charge in [0.05, 0.1) is 33.7 Å². The molecule has 2 fully saturated rings. The lowest BCUT2D eigenvalue weighted by Crippen LogP contribution is -2.43. The molecule has 0 radical (unpaired) electrons. The zero-order valence-electron chi connectivity index (χ0n) is 19.0. The van der Waals surface area contributed by atoms with E-state index in [1.54, 1.807) is 24.3 Å². The molecule has 35 heavy (non-hydrogen) atoms. The lowest BCUT2D eigenvalue weighted by atomic mass is 9.76. The van der Waals surface area contributed by atoms with E-state index in [9.17, 15) is 24.0 Å². The van der Waals surface area contributed by atoms with Crippen LogP contribution in [0, 0.1) is 17.8 Å². The Morgan fingerprint density at radius 2 is 1.74 bits per heavy atom. The number of amides is 4. The second-order valence-electron chi connectivity index (χ2n) is 8.75. The average molecular weight is 498 g/mol. The van der Waals surface area contributed by atoms with E-state index in [4.69, 9.17) is 16.3 Å². The molecular formula is C25H24ClN3O6. The van der Waals surface area contributed by atoms with Crippen LogP contribution in [0.25, 0.3) is 0 Å². The van der Waals surface area contributed by atoms with E-state index in [1.165, 1.54) is 24.3 Å². The summed E-state index contributed by atoms with van der Waals surface area (Å²) in [6.07, 6.45) is 2.26. The number of benzene rings is 2. The van der Waals surface area contributed by atoms with Crippen LogP contribution in [0.1, 0.15) is 46.9 Å². The third-order valence-corrected chi connectivity index (χ3v) is 6.63. The van der Waals surface area contributed by atoms with Crippen molar-refractivity contribution in [1.29, 1.82) is 0 Å². The van der Waals surface area contributed by atoms with E-state index in [0.717, 1.165) is 11.3 Å². The topological polar surface area (TPSA) is 122 Å². The molecule has 0 aromatic heterocycles. The number of rotatable bonds is 5. The molecule has 2 aromatic carbocycles. The van der Waals surface area contributed by atoms with Crippen molar-refractivity contribution in [3.05, 3.63) is 64.7 Å². The zero-order chi connectivity index (χ0) is 25.1. The molecule has 1 heterocycles. The third-order valence-electron chi connectivity index (χ3n) is 6.30. The quantitative estimate of drug-likeness (QED) is 0.372. The molecule has 1 saturated carbocycles. The Bertz CT molecular complexity index is 1200. The molecule has 0 bridgehead atoms. The number of hydrogen-bond donors (Lipinski definition) is 2. The molecule has 1 aliphatic carbocycles. The summed E-state index contributed by atoms with van der Waals surface area (Å²) in [6.45, 7) is 1.42. The van der Waals surface area contributed by atoms with Gasteiger partial charge in [0.2, 0.25) is 11.8 Å². The second-order valence-corrected chi connectivity index (χ2v) is 9.16. The number of ether oxygens (including phenoxy) is 1. The first-order chi connectivity index (χ1) is 16.8. The number of carbonyl (C=O) groups is 5. The molecule has 4 rings (SSSR count). The third kappa shape index (κ3) is 5.19. The molecule has 1 aliphatic heterocycles. The first-order valence-electron chi connectivity index (χ1n) is 11.2. The van der Waals surface area contributed by atoms with E-state index in [1.807, 2.05) is 0 Å². The Labute approximate surface area is 206 Å². The molecular weight excluding hydrogens is 474 g/mol. The highest BCUT2D eigenvalue weighted by atomic mass is 35.5. The Morgan fingerprint density at radius 3 is 2.51 bits per heavy atom. The highest BCUT2D eigenvalue weighted by Crippen LogP contribution is 2.42. The first-order valence-corrected chi connectivity index (χ1v) is 11.6. The molecule has 2 aromatic rings. The number of imide groups is 1. The predicted molar refractivity (Wildman–Crippen MR) is 126 cm³/mol. The van der Waals surface area contributed by atoms with Crippen molar-refractivity contribution in [2.24, 2.45) is 17.8 Å². The number of esters is 1. The van der Waals surface area contributed by atoms with Gasteiger partial charge in [0.1, 0.15) is 0 Å². The van der Waals surface area contributed by atoms with Crippen molar-refractivity contribution in [1.82, 2.24) is 10.9 Å². The SMILES string of the molecule is C[C@@H]1CC[C@@H]2C(=O)N(c3cccc(C(=O)OCC(=O)NNC(=O)c4ccccc4Cl)c3)C(=O)[C@@H]2C1. The van der Waals surface area contributed by atoms with Crippen molar-refractivity contribution in [2.75, 3.05) is 11.5 Å². The van der Waals surface area contributed by atoms with E-state index >= 15 is 0 Å². The number of nitrogens with one attached hydrogen (secondary N) is 2. The summed E-state index contributed by atoms with van der Waals surface area (Å²) in [4.78, 5) is 63.5. The van der Waals surface area contributed by atoms with Crippen LogP contribution in [-0.4, -0.2) is 36.2 Å². The van der Waals surface area contributed by atoms with Crippen molar-refractivity contribution in [3.63, 3.8) is 0 Å². The van der Waals surface area contributed by atoms with Gasteiger partial charge in [-0.15, -0.1) is 0 Å². The summed E-state index contributed by atoms with van der Waals surface area (Å²) in [5, 5.41) is 0.217. The van der Waals surface area contributed by atoms with Gasteiger partial charge in [0.15, 0.2) is 6.61 Å². The Balaban J connectivity index is 1.34. The van der Waals surface area contributed by atoms with Gasteiger partial charge in [0, 0.05) is 0 Å². The molecule has 4 amide bonds. The van der Waals surface area contributed by atoms with E-state index < -0.39 is 24.4 Å². The van der Waals surface area contributed by atoms with Crippen molar-refractivity contribution in [2.45, 2.75) is 26.2 Å². The standard InChI is InChI=1S/C25H24ClN3O6/c1-14-9-10-17-19(11-14)24(33)29(23(17)32)16-6-4-5-15(12-16)25(34)35-13-21(30)27-28-22(31)18-7-2-3-8-20(18)26/h2-8,12,14,17,19H,9-11,13H2,1H3,(H,27,30)(H,28,31)/t14-,17+,19-/m1/s1. The number of nitrogens with zero attached hydrogens (tertiary/aromatic N) is 1. The average Bonchev–Trinajstić information content (AvgIpc) is 3.10.